The van der Waals surface area contributed by atoms with Gasteiger partial charge in [-0.05, 0) is 0 Å². The van der Waals surface area contributed by atoms with Crippen LogP contribution in [-0.4, -0.2) is 10.4 Å². The number of carboxylic acid groups (broad SMARTS) is 1. The third-order valence-corrected chi connectivity index (χ3v) is 14.4. The molecule has 0 saturated carbocycles. The van der Waals surface area contributed by atoms with E-state index < -0.39 is 13.8 Å². The van der Waals surface area contributed by atoms with Crippen molar-refractivity contribution in [3.05, 3.63) is 0 Å². The van der Waals surface area contributed by atoms with Gasteiger partial charge >= 0.3 is 5.30 Å². The smallest absolute Gasteiger partial charge is 0.458 e. The van der Waals surface area contributed by atoms with Gasteiger partial charge in [0.15, 0.2) is 18.7 Å². The van der Waals surface area contributed by atoms with Crippen molar-refractivity contribution in [3.63, 3.8) is 0 Å². The normalized spacial score (nSPS) is 9.00. The molecule has 0 unspecified atom stereocenters. The van der Waals surface area contributed by atoms with E-state index in [0.717, 1.165) is 0 Å². The SMILES string of the molecule is O=C(O)[s+]1ssss1. The second kappa shape index (κ2) is 2.92. The van der Waals surface area contributed by atoms with Crippen LogP contribution >= 0.6 is 45.9 Å². The summed E-state index contributed by atoms with van der Waals surface area (Å²) in [6, 6.07) is 0. The molecule has 0 aliphatic rings. The minimum atomic E-state index is -0.697. The minimum absolute atomic E-state index is 0.503. The lowest BCUT2D eigenvalue weighted by Gasteiger charge is -1.69. The quantitative estimate of drug-likeness (QED) is 0.564. The molecule has 0 spiro atoms. The summed E-state index contributed by atoms with van der Waals surface area (Å²) in [5, 5.41) is 7.66. The average Bonchev–Trinajstić information content (AvgIpc) is 2.12. The van der Waals surface area contributed by atoms with Gasteiger partial charge in [0.25, 0.3) is 0 Å². The van der Waals surface area contributed by atoms with Crippen LogP contribution in [0.2, 0.25) is 0 Å². The van der Waals surface area contributed by atoms with Crippen LogP contribution in [0.4, 0.5) is 4.79 Å². The molecule has 1 aromatic heterocycles. The van der Waals surface area contributed by atoms with Crippen LogP contribution in [0.15, 0.2) is 0 Å². The molecule has 0 aromatic carbocycles. The van der Waals surface area contributed by atoms with Crippen molar-refractivity contribution in [2.75, 3.05) is 0 Å². The number of hydrogen-bond acceptors (Lipinski definition) is 5. The summed E-state index contributed by atoms with van der Waals surface area (Å²) < 4.78 is 0. The molecule has 0 bridgehead atoms. The standard InChI is InChI=1S/CO2S5/c2-1(3)8-6-4-5-7-8/p+1. The monoisotopic (exact) mass is 205 g/mol. The Bertz CT molecular complexity index is 178. The molecule has 0 amide bonds. The van der Waals surface area contributed by atoms with E-state index in [9.17, 15) is 4.79 Å². The zero-order chi connectivity index (χ0) is 5.98. The van der Waals surface area contributed by atoms with Crippen molar-refractivity contribution in [1.82, 2.24) is 0 Å². The van der Waals surface area contributed by atoms with Gasteiger partial charge in [0, 0.05) is 0 Å². The van der Waals surface area contributed by atoms with Gasteiger partial charge in [-0.15, -0.1) is 0 Å². The van der Waals surface area contributed by atoms with E-state index in [2.05, 4.69) is 0 Å². The minimum Gasteiger partial charge on any atom is -0.459 e. The highest BCUT2D eigenvalue weighted by Crippen LogP contribution is 2.39. The predicted octanol–water partition coefficient (Wildman–Crippen LogP) is 3.33. The van der Waals surface area contributed by atoms with Crippen molar-refractivity contribution >= 4 is 51.2 Å². The Balaban J connectivity index is 2.93. The fourth-order valence-electron chi connectivity index (χ4n) is 0.143. The van der Waals surface area contributed by atoms with Gasteiger partial charge in [0.2, 0.25) is 18.7 Å². The van der Waals surface area contributed by atoms with Crippen LogP contribution in [0.1, 0.15) is 0 Å². The van der Waals surface area contributed by atoms with E-state index in [1.54, 1.807) is 0 Å². The van der Waals surface area contributed by atoms with Crippen molar-refractivity contribution < 1.29 is 9.90 Å². The van der Waals surface area contributed by atoms with Crippen molar-refractivity contribution in [2.45, 2.75) is 0 Å². The third-order valence-electron chi connectivity index (χ3n) is 0.350. The van der Waals surface area contributed by atoms with Crippen molar-refractivity contribution in [1.29, 1.82) is 0 Å². The Morgan fingerprint density at radius 1 is 1.38 bits per heavy atom. The molecule has 46 valence electrons. The van der Waals surface area contributed by atoms with Crippen LogP contribution in [0, 0.1) is 0 Å². The van der Waals surface area contributed by atoms with Crippen molar-refractivity contribution in [2.24, 2.45) is 0 Å². The molecule has 0 saturated heterocycles. The van der Waals surface area contributed by atoms with Crippen molar-refractivity contribution in [3.8, 4) is 0 Å². The van der Waals surface area contributed by atoms with E-state index in [0.29, 0.717) is 0 Å². The molecular weight excluding hydrogens is 204 g/mol. The maximum absolute atomic E-state index is 10.1. The van der Waals surface area contributed by atoms with E-state index in [1.807, 2.05) is 0 Å². The van der Waals surface area contributed by atoms with E-state index in [-0.39, 0.29) is 0 Å². The summed E-state index contributed by atoms with van der Waals surface area (Å²) in [6.45, 7) is 0. The summed E-state index contributed by atoms with van der Waals surface area (Å²) in [5.74, 6) is 0. The predicted molar refractivity (Wildman–Crippen MR) is 41.5 cm³/mol. The second-order valence-electron chi connectivity index (χ2n) is 0.773. The molecule has 7 heteroatoms. The number of rotatable bonds is 1. The molecule has 0 atom stereocenters. The molecule has 1 heterocycles. The van der Waals surface area contributed by atoms with Crippen LogP contribution < -0.4 is 0 Å². The van der Waals surface area contributed by atoms with Gasteiger partial charge in [-0.1, -0.05) is 0 Å². The largest absolute Gasteiger partial charge is 0.459 e. The number of carbonyl (C=O) groups is 1. The zero-order valence-corrected chi connectivity index (χ0v) is 7.48. The van der Waals surface area contributed by atoms with E-state index in [4.69, 9.17) is 5.11 Å². The van der Waals surface area contributed by atoms with Gasteiger partial charge in [0.1, 0.15) is 8.48 Å². The van der Waals surface area contributed by atoms with Crippen LogP contribution in [0.25, 0.3) is 0 Å². The highest BCUT2D eigenvalue weighted by atomic mass is 33.7. The fourth-order valence-corrected chi connectivity index (χ4v) is 17.6. The maximum atomic E-state index is 10.1. The van der Waals surface area contributed by atoms with Crippen LogP contribution in [0.3, 0.4) is 0 Å². The summed E-state index contributed by atoms with van der Waals surface area (Å²) in [6.07, 6.45) is 0. The van der Waals surface area contributed by atoms with Gasteiger partial charge in [-0.2, -0.15) is 0 Å². The second-order valence-corrected chi connectivity index (χ2v) is 11.3. The van der Waals surface area contributed by atoms with Crippen LogP contribution in [-0.2, 0) is 0 Å². The molecule has 1 aromatic rings. The molecule has 2 nitrogen and oxygen atoms in total. The van der Waals surface area contributed by atoms with Gasteiger partial charge in [0.05, 0.1) is 0 Å². The number of hydrogen-bond donors (Lipinski definition) is 1. The molecule has 0 radical (unpaired) electrons. The Kier molecular flexibility index (Phi) is 2.44. The summed E-state index contributed by atoms with van der Waals surface area (Å²) in [7, 11) is 5.42. The maximum Gasteiger partial charge on any atom is 0.458 e. The van der Waals surface area contributed by atoms with Gasteiger partial charge < -0.3 is 5.11 Å². The highest BCUT2D eigenvalue weighted by molar-refractivity contribution is 8.40. The molecular formula is CHO2S5+. The van der Waals surface area contributed by atoms with Gasteiger partial charge in [-0.3, -0.25) is 0 Å². The first-order chi connectivity index (χ1) is 3.80. The Labute approximate surface area is 60.9 Å². The van der Waals surface area contributed by atoms with Crippen LogP contribution in [0.5, 0.6) is 0 Å². The third kappa shape index (κ3) is 1.52. The fraction of sp³-hybridized carbons (Fsp3) is 0. The Morgan fingerprint density at radius 2 is 1.88 bits per heavy atom. The Morgan fingerprint density at radius 3 is 2.12 bits per heavy atom. The zero-order valence-electron chi connectivity index (χ0n) is 3.40. The molecule has 1 N–H and O–H groups in total. The lowest BCUT2D eigenvalue weighted by Crippen LogP contribution is -1.75. The molecule has 8 heavy (non-hydrogen) atoms. The van der Waals surface area contributed by atoms with E-state index in [1.165, 1.54) is 37.4 Å². The summed E-state index contributed by atoms with van der Waals surface area (Å²) in [5.41, 5.74) is 0. The lowest BCUT2D eigenvalue weighted by molar-refractivity contribution is 0.221. The first-order valence-corrected chi connectivity index (χ1v) is 8.54. The molecule has 0 aliphatic heterocycles. The topological polar surface area (TPSA) is 37.3 Å². The van der Waals surface area contributed by atoms with Gasteiger partial charge in [-0.25, -0.2) is 4.79 Å². The molecule has 1 rings (SSSR count). The lowest BCUT2D eigenvalue weighted by atomic mass is 11.6. The molecule has 0 aliphatic carbocycles. The first kappa shape index (κ1) is 6.69. The average molecular weight is 205 g/mol. The van der Waals surface area contributed by atoms with E-state index >= 15 is 0 Å². The molecule has 0 fully saturated rings. The summed E-state index contributed by atoms with van der Waals surface area (Å²) in [4.78, 5) is 10.1. The highest BCUT2D eigenvalue weighted by Gasteiger charge is 2.11. The first-order valence-electron chi connectivity index (χ1n) is 1.47. The Hall–Kier alpha value is 0.570. The summed E-state index contributed by atoms with van der Waals surface area (Å²) >= 11 is 0.